The quantitative estimate of drug-likeness (QED) is 0.381. The number of aromatic nitrogens is 3. The third-order valence-corrected chi connectivity index (χ3v) is 6.24. The van der Waals surface area contributed by atoms with E-state index in [0.717, 1.165) is 24.2 Å². The number of anilines is 2. The number of nitrogens with zero attached hydrogens (tertiary/aromatic N) is 5. The summed E-state index contributed by atoms with van der Waals surface area (Å²) < 4.78 is 16.7. The number of aliphatic carboxylic acids is 1. The van der Waals surface area contributed by atoms with Gasteiger partial charge in [0.1, 0.15) is 12.4 Å². The summed E-state index contributed by atoms with van der Waals surface area (Å²) >= 11 is 0. The molecule has 0 aliphatic carbocycles. The van der Waals surface area contributed by atoms with E-state index in [1.54, 1.807) is 6.92 Å². The maximum atomic E-state index is 11.3. The van der Waals surface area contributed by atoms with Crippen molar-refractivity contribution in [1.82, 2.24) is 15.0 Å². The Balaban J connectivity index is 1.41. The molecule has 10 nitrogen and oxygen atoms in total. The van der Waals surface area contributed by atoms with Gasteiger partial charge < -0.3 is 29.1 Å². The van der Waals surface area contributed by atoms with Crippen molar-refractivity contribution in [3.05, 3.63) is 59.7 Å². The fraction of sp³-hybridized carbons (Fsp3) is 0.429. The topological polar surface area (TPSA) is 110 Å². The van der Waals surface area contributed by atoms with Crippen molar-refractivity contribution in [2.24, 2.45) is 0 Å². The molecule has 2 heterocycles. The number of morpholine rings is 1. The lowest BCUT2D eigenvalue weighted by Crippen LogP contribution is -2.38. The van der Waals surface area contributed by atoms with Gasteiger partial charge in [-0.1, -0.05) is 42.0 Å². The van der Waals surface area contributed by atoms with Crippen LogP contribution in [0.5, 0.6) is 5.75 Å². The van der Waals surface area contributed by atoms with E-state index in [0.29, 0.717) is 62.9 Å². The van der Waals surface area contributed by atoms with Crippen LogP contribution in [0.1, 0.15) is 18.1 Å². The highest BCUT2D eigenvalue weighted by atomic mass is 16.5. The summed E-state index contributed by atoms with van der Waals surface area (Å²) in [6, 6.07) is 15.6. The summed E-state index contributed by atoms with van der Waals surface area (Å²) in [7, 11) is 1.93. The minimum Gasteiger partial charge on any atom is -0.492 e. The van der Waals surface area contributed by atoms with Crippen LogP contribution in [-0.2, 0) is 20.7 Å². The predicted molar refractivity (Wildman–Crippen MR) is 145 cm³/mol. The van der Waals surface area contributed by atoms with Gasteiger partial charge in [-0.25, -0.2) is 4.79 Å². The summed E-state index contributed by atoms with van der Waals surface area (Å²) in [5, 5.41) is 9.29. The van der Waals surface area contributed by atoms with Crippen LogP contribution in [0.25, 0.3) is 11.4 Å². The lowest BCUT2D eigenvalue weighted by atomic mass is 10.1. The van der Waals surface area contributed by atoms with Gasteiger partial charge in [-0.3, -0.25) is 0 Å². The number of ether oxygens (including phenoxy) is 3. The zero-order chi connectivity index (χ0) is 26.9. The molecule has 0 radical (unpaired) electrons. The van der Waals surface area contributed by atoms with Crippen LogP contribution < -0.4 is 14.5 Å². The van der Waals surface area contributed by atoms with Gasteiger partial charge in [-0.15, -0.1) is 0 Å². The zero-order valence-corrected chi connectivity index (χ0v) is 22.2. The van der Waals surface area contributed by atoms with E-state index >= 15 is 0 Å². The van der Waals surface area contributed by atoms with Crippen LogP contribution in [0.3, 0.4) is 0 Å². The van der Waals surface area contributed by atoms with Gasteiger partial charge >= 0.3 is 5.97 Å². The van der Waals surface area contributed by atoms with Gasteiger partial charge in [0.2, 0.25) is 11.9 Å². The Hall–Kier alpha value is -3.76. The number of hydrogen-bond acceptors (Lipinski definition) is 9. The Morgan fingerprint density at radius 1 is 1.08 bits per heavy atom. The SMILES string of the molecule is CCOC(Cc1ccc(OCCN(C)c2nc(-c3ccc(C)cc3)nc(N3CCOCC3)n2)cc1)C(=O)O. The Kier molecular flexibility index (Phi) is 9.45. The Labute approximate surface area is 223 Å². The molecule has 0 spiro atoms. The molecule has 1 aliphatic heterocycles. The van der Waals surface area contributed by atoms with Crippen molar-refractivity contribution < 1.29 is 24.1 Å². The Bertz CT molecular complexity index is 1180. The van der Waals surface area contributed by atoms with Gasteiger partial charge in [0.05, 0.1) is 19.8 Å². The Morgan fingerprint density at radius 2 is 1.79 bits per heavy atom. The molecule has 1 saturated heterocycles. The highest BCUT2D eigenvalue weighted by molar-refractivity contribution is 5.72. The maximum Gasteiger partial charge on any atom is 0.333 e. The first-order valence-electron chi connectivity index (χ1n) is 12.9. The highest BCUT2D eigenvalue weighted by Crippen LogP contribution is 2.22. The second-order valence-corrected chi connectivity index (χ2v) is 9.12. The lowest BCUT2D eigenvalue weighted by molar-refractivity contribution is -0.149. The van der Waals surface area contributed by atoms with E-state index in [-0.39, 0.29) is 0 Å². The maximum absolute atomic E-state index is 11.3. The average molecular weight is 522 g/mol. The average Bonchev–Trinajstić information content (AvgIpc) is 2.94. The molecule has 1 atom stereocenters. The molecule has 2 aromatic carbocycles. The summed E-state index contributed by atoms with van der Waals surface area (Å²) in [5.41, 5.74) is 2.99. The highest BCUT2D eigenvalue weighted by Gasteiger charge is 2.19. The first kappa shape index (κ1) is 27.3. The van der Waals surface area contributed by atoms with E-state index in [1.807, 2.05) is 48.3 Å². The number of benzene rings is 2. The van der Waals surface area contributed by atoms with Gasteiger partial charge in [0, 0.05) is 38.7 Å². The summed E-state index contributed by atoms with van der Waals surface area (Å²) in [4.78, 5) is 29.7. The number of rotatable bonds is 12. The van der Waals surface area contributed by atoms with E-state index in [4.69, 9.17) is 29.2 Å². The largest absolute Gasteiger partial charge is 0.492 e. The molecule has 4 rings (SSSR count). The molecule has 1 aliphatic rings. The standard InChI is InChI=1S/C28H35N5O5/c1-4-37-24(26(34)35)19-21-7-11-23(12-8-21)38-18-13-32(3)27-29-25(22-9-5-20(2)6-10-22)30-28(31-27)33-14-16-36-17-15-33/h5-12,24H,4,13-19H2,1-3H3,(H,34,35). The molecule has 1 fully saturated rings. The van der Waals surface area contributed by atoms with E-state index < -0.39 is 12.1 Å². The molecule has 10 heteroatoms. The van der Waals surface area contributed by atoms with E-state index in [2.05, 4.69) is 24.0 Å². The number of likely N-dealkylation sites (N-methyl/N-ethyl adjacent to an activating group) is 1. The zero-order valence-electron chi connectivity index (χ0n) is 22.2. The fourth-order valence-corrected chi connectivity index (χ4v) is 4.02. The number of hydrogen-bond donors (Lipinski definition) is 1. The van der Waals surface area contributed by atoms with Crippen molar-refractivity contribution >= 4 is 17.9 Å². The minimum atomic E-state index is -0.962. The molecular formula is C28H35N5O5. The van der Waals surface area contributed by atoms with Crippen LogP contribution in [0, 0.1) is 6.92 Å². The van der Waals surface area contributed by atoms with Crippen LogP contribution in [0.2, 0.25) is 0 Å². The van der Waals surface area contributed by atoms with Crippen molar-refractivity contribution in [3.63, 3.8) is 0 Å². The molecule has 38 heavy (non-hydrogen) atoms. The van der Waals surface area contributed by atoms with Gasteiger partial charge in [-0.05, 0) is 31.5 Å². The predicted octanol–water partition coefficient (Wildman–Crippen LogP) is 3.23. The summed E-state index contributed by atoms with van der Waals surface area (Å²) in [6.07, 6.45) is -0.548. The molecule has 0 saturated carbocycles. The van der Waals surface area contributed by atoms with E-state index in [1.165, 1.54) is 5.56 Å². The second kappa shape index (κ2) is 13.2. The molecule has 202 valence electrons. The van der Waals surface area contributed by atoms with Crippen LogP contribution in [0.15, 0.2) is 48.5 Å². The molecule has 0 amide bonds. The second-order valence-electron chi connectivity index (χ2n) is 9.12. The number of carbonyl (C=O) groups is 1. The summed E-state index contributed by atoms with van der Waals surface area (Å²) in [5.74, 6) is 1.59. The number of carboxylic acid groups (broad SMARTS) is 1. The van der Waals surface area contributed by atoms with Crippen molar-refractivity contribution in [2.45, 2.75) is 26.4 Å². The number of aryl methyl sites for hydroxylation is 1. The van der Waals surface area contributed by atoms with Crippen molar-refractivity contribution in [3.8, 4) is 17.1 Å². The molecule has 0 bridgehead atoms. The molecule has 3 aromatic rings. The molecule has 1 N–H and O–H groups in total. The molecule has 1 aromatic heterocycles. The Morgan fingerprint density at radius 3 is 2.45 bits per heavy atom. The van der Waals surface area contributed by atoms with Crippen LogP contribution >= 0.6 is 0 Å². The van der Waals surface area contributed by atoms with Gasteiger partial charge in [0.25, 0.3) is 0 Å². The smallest absolute Gasteiger partial charge is 0.333 e. The first-order valence-corrected chi connectivity index (χ1v) is 12.9. The summed E-state index contributed by atoms with van der Waals surface area (Å²) in [6.45, 7) is 7.93. The van der Waals surface area contributed by atoms with Crippen molar-refractivity contribution in [2.75, 3.05) is 62.9 Å². The van der Waals surface area contributed by atoms with Gasteiger partial charge in [-0.2, -0.15) is 15.0 Å². The third-order valence-electron chi connectivity index (χ3n) is 6.24. The minimum absolute atomic E-state index is 0.306. The van der Waals surface area contributed by atoms with Crippen LogP contribution in [0.4, 0.5) is 11.9 Å². The van der Waals surface area contributed by atoms with Gasteiger partial charge in [0.15, 0.2) is 11.9 Å². The van der Waals surface area contributed by atoms with Crippen LogP contribution in [-0.4, -0.2) is 85.2 Å². The number of carboxylic acids is 1. The normalized spacial score (nSPS) is 14.2. The van der Waals surface area contributed by atoms with Crippen molar-refractivity contribution in [1.29, 1.82) is 0 Å². The lowest BCUT2D eigenvalue weighted by Gasteiger charge is -2.28. The molecule has 1 unspecified atom stereocenters. The fourth-order valence-electron chi connectivity index (χ4n) is 4.02. The van der Waals surface area contributed by atoms with E-state index in [9.17, 15) is 9.90 Å². The third kappa shape index (κ3) is 7.39. The molecular weight excluding hydrogens is 486 g/mol. The monoisotopic (exact) mass is 521 g/mol. The first-order chi connectivity index (χ1) is 18.4.